The molecule has 10 heteroatoms. The normalized spacial score (nSPS) is 11.9. The molecule has 2 aromatic rings. The Kier molecular flexibility index (Phi) is 7.68. The maximum atomic E-state index is 14.0. The molecule has 0 saturated heterocycles. The average molecular weight is 494 g/mol. The van der Waals surface area contributed by atoms with Crippen LogP contribution in [0.5, 0.6) is 5.75 Å². The standard InChI is InChI=1S/C17H17F2IN2O5/c18-10-6-15(21-14-4-3-11(20)8-13(14)19)17(22(25)26)16(7-10)27-5-1-2-12(24)9-23/h3-4,6-8,12,21,23-24H,1-2,5,9H2. The molecule has 3 N–H and O–H groups in total. The maximum absolute atomic E-state index is 14.0. The lowest BCUT2D eigenvalue weighted by Gasteiger charge is -2.13. The van der Waals surface area contributed by atoms with Crippen molar-refractivity contribution in [3.63, 3.8) is 0 Å². The summed E-state index contributed by atoms with van der Waals surface area (Å²) in [6.45, 7) is -0.436. The zero-order valence-electron chi connectivity index (χ0n) is 14.0. The van der Waals surface area contributed by atoms with E-state index < -0.39 is 35.0 Å². The van der Waals surface area contributed by atoms with Crippen LogP contribution < -0.4 is 10.1 Å². The number of hydrogen-bond donors (Lipinski definition) is 3. The topological polar surface area (TPSA) is 105 Å². The maximum Gasteiger partial charge on any atom is 0.334 e. The SMILES string of the molecule is O=[N+]([O-])c1c(Nc2ccc(I)cc2F)cc(F)cc1OCCCC(O)CO. The van der Waals surface area contributed by atoms with Crippen molar-refractivity contribution in [3.8, 4) is 5.75 Å². The summed E-state index contributed by atoms with van der Waals surface area (Å²) in [5, 5.41) is 32.0. The van der Waals surface area contributed by atoms with Crippen molar-refractivity contribution in [3.05, 3.63) is 55.7 Å². The minimum absolute atomic E-state index is 0.0291. The predicted molar refractivity (Wildman–Crippen MR) is 103 cm³/mol. The second-order valence-corrected chi connectivity index (χ2v) is 6.88. The van der Waals surface area contributed by atoms with Crippen molar-refractivity contribution in [1.29, 1.82) is 0 Å². The van der Waals surface area contributed by atoms with E-state index in [-0.39, 0.29) is 30.2 Å². The van der Waals surface area contributed by atoms with Crippen LogP contribution in [0.3, 0.4) is 0 Å². The summed E-state index contributed by atoms with van der Waals surface area (Å²) < 4.78 is 33.9. The van der Waals surface area contributed by atoms with Gasteiger partial charge in [-0.2, -0.15) is 0 Å². The molecular formula is C17H17F2IN2O5. The number of aliphatic hydroxyl groups excluding tert-OH is 2. The molecule has 2 aromatic carbocycles. The third-order valence-electron chi connectivity index (χ3n) is 3.57. The van der Waals surface area contributed by atoms with Gasteiger partial charge in [-0.05, 0) is 53.6 Å². The van der Waals surface area contributed by atoms with Gasteiger partial charge in [-0.3, -0.25) is 10.1 Å². The first-order valence-corrected chi connectivity index (χ1v) is 9.01. The molecule has 0 saturated carbocycles. The van der Waals surface area contributed by atoms with Gasteiger partial charge in [0.2, 0.25) is 5.75 Å². The fourth-order valence-corrected chi connectivity index (χ4v) is 2.75. The summed E-state index contributed by atoms with van der Waals surface area (Å²) in [6, 6.07) is 5.98. The minimum Gasteiger partial charge on any atom is -0.487 e. The molecule has 0 heterocycles. The Morgan fingerprint density at radius 1 is 1.26 bits per heavy atom. The third kappa shape index (κ3) is 5.97. The number of anilines is 2. The van der Waals surface area contributed by atoms with Gasteiger partial charge in [-0.1, -0.05) is 0 Å². The number of aliphatic hydroxyl groups is 2. The van der Waals surface area contributed by atoms with Crippen LogP contribution in [0.1, 0.15) is 12.8 Å². The van der Waals surface area contributed by atoms with Gasteiger partial charge in [0.25, 0.3) is 0 Å². The van der Waals surface area contributed by atoms with E-state index >= 15 is 0 Å². The number of nitrogens with zero attached hydrogens (tertiary/aromatic N) is 1. The first kappa shape index (κ1) is 21.3. The molecule has 0 spiro atoms. The molecule has 0 bridgehead atoms. The molecule has 27 heavy (non-hydrogen) atoms. The van der Waals surface area contributed by atoms with Crippen molar-refractivity contribution in [1.82, 2.24) is 0 Å². The molecule has 0 fully saturated rings. The number of nitrogens with one attached hydrogen (secondary N) is 1. The zero-order chi connectivity index (χ0) is 20.0. The Labute approximate surface area is 167 Å². The molecule has 0 aliphatic carbocycles. The largest absolute Gasteiger partial charge is 0.487 e. The summed E-state index contributed by atoms with van der Waals surface area (Å²) in [4.78, 5) is 10.7. The molecule has 0 aliphatic heterocycles. The van der Waals surface area contributed by atoms with E-state index in [9.17, 15) is 24.0 Å². The fourth-order valence-electron chi connectivity index (χ4n) is 2.30. The fraction of sp³-hybridized carbons (Fsp3) is 0.294. The number of ether oxygens (including phenoxy) is 1. The Morgan fingerprint density at radius 2 is 2.00 bits per heavy atom. The molecule has 7 nitrogen and oxygen atoms in total. The number of rotatable bonds is 9. The number of benzene rings is 2. The number of nitro benzene ring substituents is 1. The molecular weight excluding hydrogens is 477 g/mol. The first-order valence-electron chi connectivity index (χ1n) is 7.93. The van der Waals surface area contributed by atoms with Gasteiger partial charge in [-0.25, -0.2) is 8.78 Å². The number of nitro groups is 1. The van der Waals surface area contributed by atoms with Gasteiger partial charge in [0.15, 0.2) is 0 Å². The van der Waals surface area contributed by atoms with Crippen molar-refractivity contribution >= 4 is 39.7 Å². The van der Waals surface area contributed by atoms with Crippen molar-refractivity contribution in [2.75, 3.05) is 18.5 Å². The van der Waals surface area contributed by atoms with Crippen LogP contribution in [0.2, 0.25) is 0 Å². The summed E-state index contributed by atoms with van der Waals surface area (Å²) in [7, 11) is 0. The van der Waals surface area contributed by atoms with Gasteiger partial charge in [0, 0.05) is 15.7 Å². The van der Waals surface area contributed by atoms with Crippen LogP contribution in [0, 0.1) is 25.3 Å². The summed E-state index contributed by atoms with van der Waals surface area (Å²) in [6.07, 6.45) is -0.403. The van der Waals surface area contributed by atoms with Gasteiger partial charge >= 0.3 is 5.69 Å². The van der Waals surface area contributed by atoms with E-state index in [0.717, 1.165) is 12.1 Å². The van der Waals surface area contributed by atoms with E-state index in [2.05, 4.69) is 5.32 Å². The monoisotopic (exact) mass is 494 g/mol. The van der Waals surface area contributed by atoms with Crippen molar-refractivity contribution in [2.45, 2.75) is 18.9 Å². The van der Waals surface area contributed by atoms with Crippen LogP contribution >= 0.6 is 22.6 Å². The van der Waals surface area contributed by atoms with E-state index in [1.807, 2.05) is 22.6 Å². The Morgan fingerprint density at radius 3 is 2.63 bits per heavy atom. The minimum atomic E-state index is -0.919. The molecule has 1 atom stereocenters. The lowest BCUT2D eigenvalue weighted by molar-refractivity contribution is -0.385. The molecule has 0 aromatic heterocycles. The molecule has 146 valence electrons. The highest BCUT2D eigenvalue weighted by Crippen LogP contribution is 2.38. The van der Waals surface area contributed by atoms with Gasteiger partial charge in [0.05, 0.1) is 29.9 Å². The predicted octanol–water partition coefficient (Wildman–Crippen LogP) is 3.73. The second-order valence-electron chi connectivity index (χ2n) is 5.63. The van der Waals surface area contributed by atoms with Gasteiger partial charge < -0.3 is 20.3 Å². The van der Waals surface area contributed by atoms with E-state index in [4.69, 9.17) is 9.84 Å². The molecule has 1 unspecified atom stereocenters. The van der Waals surface area contributed by atoms with Crippen LogP contribution in [-0.4, -0.2) is 34.5 Å². The highest BCUT2D eigenvalue weighted by atomic mass is 127. The van der Waals surface area contributed by atoms with Crippen molar-refractivity contribution in [2.24, 2.45) is 0 Å². The number of hydrogen-bond acceptors (Lipinski definition) is 6. The molecule has 0 amide bonds. The highest BCUT2D eigenvalue weighted by Gasteiger charge is 2.24. The summed E-state index contributed by atoms with van der Waals surface area (Å²) in [5.74, 6) is -1.74. The van der Waals surface area contributed by atoms with Gasteiger partial charge in [0.1, 0.15) is 17.3 Å². The third-order valence-corrected chi connectivity index (χ3v) is 4.24. The van der Waals surface area contributed by atoms with Crippen LogP contribution in [-0.2, 0) is 0 Å². The van der Waals surface area contributed by atoms with E-state index in [1.54, 1.807) is 6.07 Å². The van der Waals surface area contributed by atoms with Gasteiger partial charge in [-0.15, -0.1) is 0 Å². The summed E-state index contributed by atoms with van der Waals surface area (Å²) in [5.41, 5.74) is -0.816. The van der Waals surface area contributed by atoms with Crippen LogP contribution in [0.4, 0.5) is 25.8 Å². The molecule has 0 aliphatic rings. The zero-order valence-corrected chi connectivity index (χ0v) is 16.2. The average Bonchev–Trinajstić information content (AvgIpc) is 2.60. The van der Waals surface area contributed by atoms with Crippen LogP contribution in [0.15, 0.2) is 30.3 Å². The Balaban J connectivity index is 2.26. The Bertz CT molecular complexity index is 822. The van der Waals surface area contributed by atoms with Crippen molar-refractivity contribution < 1.29 is 28.7 Å². The smallest absolute Gasteiger partial charge is 0.334 e. The Hall–Kier alpha value is -2.05. The second kappa shape index (κ2) is 9.76. The number of halogens is 3. The lowest BCUT2D eigenvalue weighted by atomic mass is 10.2. The highest BCUT2D eigenvalue weighted by molar-refractivity contribution is 14.1. The molecule has 0 radical (unpaired) electrons. The van der Waals surface area contributed by atoms with Crippen LogP contribution in [0.25, 0.3) is 0 Å². The quantitative estimate of drug-likeness (QED) is 0.213. The van der Waals surface area contributed by atoms with E-state index in [1.165, 1.54) is 12.1 Å². The lowest BCUT2D eigenvalue weighted by Crippen LogP contribution is -2.13. The molecule has 2 rings (SSSR count). The first-order chi connectivity index (χ1) is 12.8. The van der Waals surface area contributed by atoms with E-state index in [0.29, 0.717) is 9.99 Å². The summed E-state index contributed by atoms with van der Waals surface area (Å²) >= 11 is 1.92.